The standard InChI is InChI=1S/C46H36N4/c1-2-7-30(8-3-1)31-13-15-33(16-14-31)43-48-44(50-45(49-43)39-12-6-10-32-9-4-5-11-37(32)39)34-17-18-41-40(26-34)38-19-20-47-27-42(38)46(41)35-22-28-21-29(24-35)25-36(46)23-28/h1-20,26-29,35-36H,21-25H2. The number of aromatic nitrogens is 4. The van der Waals surface area contributed by atoms with Crippen LogP contribution in [0.3, 0.4) is 0 Å². The van der Waals surface area contributed by atoms with Gasteiger partial charge in [-0.3, -0.25) is 4.98 Å². The zero-order valence-corrected chi connectivity index (χ0v) is 27.8. The molecule has 4 nitrogen and oxygen atoms in total. The van der Waals surface area contributed by atoms with Crippen molar-refractivity contribution in [2.24, 2.45) is 23.7 Å². The summed E-state index contributed by atoms with van der Waals surface area (Å²) in [7, 11) is 0. The molecule has 12 rings (SSSR count). The molecule has 240 valence electrons. The Hall–Kier alpha value is -5.48. The van der Waals surface area contributed by atoms with Crippen LogP contribution < -0.4 is 0 Å². The Morgan fingerprint density at radius 2 is 1.10 bits per heavy atom. The van der Waals surface area contributed by atoms with Gasteiger partial charge in [0.25, 0.3) is 0 Å². The highest BCUT2D eigenvalue weighted by atomic mass is 15.0. The maximum Gasteiger partial charge on any atom is 0.164 e. The molecule has 2 aromatic heterocycles. The lowest BCUT2D eigenvalue weighted by Gasteiger charge is -2.61. The zero-order valence-electron chi connectivity index (χ0n) is 27.8. The fourth-order valence-electron chi connectivity index (χ4n) is 10.8. The van der Waals surface area contributed by atoms with Crippen molar-refractivity contribution in [2.45, 2.75) is 37.5 Å². The normalized spacial score (nSPS) is 24.1. The van der Waals surface area contributed by atoms with Gasteiger partial charge in [0.05, 0.1) is 0 Å². The van der Waals surface area contributed by atoms with E-state index >= 15 is 0 Å². The molecule has 0 unspecified atom stereocenters. The van der Waals surface area contributed by atoms with Crippen LogP contribution in [-0.2, 0) is 5.41 Å². The summed E-state index contributed by atoms with van der Waals surface area (Å²) in [5.41, 5.74) is 11.1. The van der Waals surface area contributed by atoms with Gasteiger partial charge in [0, 0.05) is 34.5 Å². The van der Waals surface area contributed by atoms with Crippen molar-refractivity contribution < 1.29 is 0 Å². The maximum absolute atomic E-state index is 5.24. The van der Waals surface area contributed by atoms with Crippen molar-refractivity contribution >= 4 is 10.8 Å². The average Bonchev–Trinajstić information content (AvgIpc) is 3.47. The maximum atomic E-state index is 5.24. The molecule has 0 saturated heterocycles. The first-order valence-corrected chi connectivity index (χ1v) is 18.2. The van der Waals surface area contributed by atoms with Crippen molar-refractivity contribution in [2.75, 3.05) is 0 Å². The second-order valence-electron chi connectivity index (χ2n) is 15.1. The largest absolute Gasteiger partial charge is 0.264 e. The van der Waals surface area contributed by atoms with Gasteiger partial charge in [0.1, 0.15) is 0 Å². The van der Waals surface area contributed by atoms with Gasteiger partial charge in [-0.15, -0.1) is 0 Å². The van der Waals surface area contributed by atoms with E-state index in [2.05, 4.69) is 128 Å². The minimum atomic E-state index is 0.0871. The second-order valence-corrected chi connectivity index (χ2v) is 15.1. The van der Waals surface area contributed by atoms with Crippen LogP contribution >= 0.6 is 0 Å². The molecule has 2 heterocycles. The van der Waals surface area contributed by atoms with Crippen molar-refractivity contribution in [1.29, 1.82) is 0 Å². The molecule has 0 radical (unpaired) electrons. The van der Waals surface area contributed by atoms with Crippen molar-refractivity contribution in [3.63, 3.8) is 0 Å². The van der Waals surface area contributed by atoms with E-state index in [1.54, 1.807) is 0 Å². The molecule has 0 aliphatic heterocycles. The van der Waals surface area contributed by atoms with Crippen molar-refractivity contribution in [1.82, 2.24) is 19.9 Å². The third-order valence-corrected chi connectivity index (χ3v) is 12.6. The Labute approximate surface area is 292 Å². The smallest absolute Gasteiger partial charge is 0.164 e. The van der Waals surface area contributed by atoms with Gasteiger partial charge in [-0.1, -0.05) is 109 Å². The van der Waals surface area contributed by atoms with E-state index < -0.39 is 0 Å². The Morgan fingerprint density at radius 3 is 1.90 bits per heavy atom. The molecule has 4 fully saturated rings. The van der Waals surface area contributed by atoms with E-state index in [9.17, 15) is 0 Å². The first kappa shape index (κ1) is 28.4. The summed E-state index contributed by atoms with van der Waals surface area (Å²) >= 11 is 0. The molecular formula is C46H36N4. The molecule has 5 aliphatic rings. The van der Waals surface area contributed by atoms with E-state index in [1.165, 1.54) is 70.9 Å². The molecule has 0 amide bonds. The fourth-order valence-corrected chi connectivity index (χ4v) is 10.8. The lowest BCUT2D eigenvalue weighted by Crippen LogP contribution is -2.55. The van der Waals surface area contributed by atoms with E-state index in [0.29, 0.717) is 29.3 Å². The number of fused-ring (bicyclic) bond motifs is 4. The Bertz CT molecular complexity index is 2420. The quantitative estimate of drug-likeness (QED) is 0.191. The number of benzene rings is 5. The lowest BCUT2D eigenvalue weighted by molar-refractivity contribution is -0.0400. The minimum Gasteiger partial charge on any atom is -0.264 e. The Kier molecular flexibility index (Phi) is 6.10. The van der Waals surface area contributed by atoms with Crippen LogP contribution in [0.1, 0.15) is 43.2 Å². The fraction of sp³-hybridized carbons (Fsp3) is 0.217. The molecule has 4 heteroatoms. The average molecular weight is 645 g/mol. The van der Waals surface area contributed by atoms with Crippen molar-refractivity contribution in [3.8, 4) is 56.4 Å². The third-order valence-electron chi connectivity index (χ3n) is 12.6. The van der Waals surface area contributed by atoms with Crippen LogP contribution in [0.5, 0.6) is 0 Å². The van der Waals surface area contributed by atoms with E-state index in [-0.39, 0.29) is 5.41 Å². The molecule has 4 saturated carbocycles. The van der Waals surface area contributed by atoms with Gasteiger partial charge in [0.15, 0.2) is 17.5 Å². The first-order chi connectivity index (χ1) is 24.7. The SMILES string of the molecule is c1ccc(-c2ccc(-c3nc(-c4ccc5c(c4)-c4ccncc4C54C5CC6CC(C5)CC4C6)nc(-c4cccc5ccccc45)n3)cc2)cc1. The van der Waals surface area contributed by atoms with Crippen LogP contribution in [-0.4, -0.2) is 19.9 Å². The highest BCUT2D eigenvalue weighted by Gasteiger charge is 2.61. The summed E-state index contributed by atoms with van der Waals surface area (Å²) < 4.78 is 0. The highest BCUT2D eigenvalue weighted by Crippen LogP contribution is 2.69. The Morgan fingerprint density at radius 1 is 0.460 bits per heavy atom. The van der Waals surface area contributed by atoms with Crippen LogP contribution in [0.2, 0.25) is 0 Å². The molecular weight excluding hydrogens is 609 g/mol. The third kappa shape index (κ3) is 4.11. The van der Waals surface area contributed by atoms with E-state index in [1.807, 2.05) is 6.20 Å². The predicted octanol–water partition coefficient (Wildman–Crippen LogP) is 10.8. The molecule has 4 bridgehead atoms. The number of rotatable bonds is 4. The van der Waals surface area contributed by atoms with Crippen LogP contribution in [0.15, 0.2) is 134 Å². The van der Waals surface area contributed by atoms with Gasteiger partial charge >= 0.3 is 0 Å². The highest BCUT2D eigenvalue weighted by molar-refractivity contribution is 5.95. The summed E-state index contributed by atoms with van der Waals surface area (Å²) in [5.74, 6) is 5.30. The number of pyridine rings is 1. The van der Waals surface area contributed by atoms with Crippen LogP contribution in [0.25, 0.3) is 67.2 Å². The summed E-state index contributed by atoms with van der Waals surface area (Å²) in [6, 6.07) is 43.3. The molecule has 50 heavy (non-hydrogen) atoms. The van der Waals surface area contributed by atoms with Gasteiger partial charge in [-0.2, -0.15) is 0 Å². The molecule has 1 spiro atoms. The van der Waals surface area contributed by atoms with Gasteiger partial charge in [0.2, 0.25) is 0 Å². The van der Waals surface area contributed by atoms with Gasteiger partial charge < -0.3 is 0 Å². The number of hydrogen-bond donors (Lipinski definition) is 0. The predicted molar refractivity (Wildman–Crippen MR) is 200 cm³/mol. The summed E-state index contributed by atoms with van der Waals surface area (Å²) in [4.78, 5) is 20.3. The summed E-state index contributed by atoms with van der Waals surface area (Å²) in [6.07, 6.45) is 11.1. The molecule has 7 aromatic rings. The molecule has 5 aromatic carbocycles. The zero-order chi connectivity index (χ0) is 32.8. The summed E-state index contributed by atoms with van der Waals surface area (Å²) in [5, 5.41) is 2.31. The molecule has 5 aliphatic carbocycles. The van der Waals surface area contributed by atoms with E-state index in [0.717, 1.165) is 33.9 Å². The number of nitrogens with zero attached hydrogens (tertiary/aromatic N) is 4. The second kappa shape index (κ2) is 10.8. The molecule has 0 N–H and O–H groups in total. The Balaban J connectivity index is 1.08. The van der Waals surface area contributed by atoms with Crippen LogP contribution in [0.4, 0.5) is 0 Å². The lowest BCUT2D eigenvalue weighted by atomic mass is 9.43. The summed E-state index contributed by atoms with van der Waals surface area (Å²) in [6.45, 7) is 0. The number of hydrogen-bond acceptors (Lipinski definition) is 4. The van der Waals surface area contributed by atoms with Gasteiger partial charge in [-0.05, 0) is 112 Å². The topological polar surface area (TPSA) is 51.6 Å². The van der Waals surface area contributed by atoms with Crippen LogP contribution in [0, 0.1) is 23.7 Å². The van der Waals surface area contributed by atoms with Crippen molar-refractivity contribution in [3.05, 3.63) is 145 Å². The van der Waals surface area contributed by atoms with Gasteiger partial charge in [-0.25, -0.2) is 15.0 Å². The van der Waals surface area contributed by atoms with E-state index in [4.69, 9.17) is 19.9 Å². The first-order valence-electron chi connectivity index (χ1n) is 18.2. The molecule has 0 atom stereocenters. The minimum absolute atomic E-state index is 0.0871. The monoisotopic (exact) mass is 644 g/mol.